The third kappa shape index (κ3) is 6.36. The van der Waals surface area contributed by atoms with Gasteiger partial charge in [0.15, 0.2) is 0 Å². The van der Waals surface area contributed by atoms with Gasteiger partial charge >= 0.3 is 0 Å². The fraction of sp³-hybridized carbons (Fsp3) is 0.300. The molecule has 0 aliphatic carbocycles. The number of amides is 1. The van der Waals surface area contributed by atoms with E-state index in [0.29, 0.717) is 31.4 Å². The highest BCUT2D eigenvalue weighted by molar-refractivity contribution is 6.31. The Balaban J connectivity index is 1.43. The Hall–Kier alpha value is -2.41. The summed E-state index contributed by atoms with van der Waals surface area (Å²) in [5.41, 5.74) is 4.35. The number of carbonyl (C=O) groups is 1. The number of halogens is 1. The molecule has 1 aliphatic heterocycles. The SMILES string of the molecule is O=C(CN1CCOCC1)N/N=C\c1ccc(OCc2ccccc2Cl)cc1. The summed E-state index contributed by atoms with van der Waals surface area (Å²) in [6.45, 7) is 3.61. The van der Waals surface area contributed by atoms with Gasteiger partial charge in [0.1, 0.15) is 12.4 Å². The van der Waals surface area contributed by atoms with Crippen LogP contribution in [0, 0.1) is 0 Å². The van der Waals surface area contributed by atoms with E-state index in [9.17, 15) is 4.79 Å². The number of benzene rings is 2. The first-order chi connectivity index (χ1) is 13.2. The molecule has 1 fully saturated rings. The van der Waals surface area contributed by atoms with Crippen molar-refractivity contribution >= 4 is 23.7 Å². The van der Waals surface area contributed by atoms with Gasteiger partial charge in [-0.3, -0.25) is 9.69 Å². The minimum atomic E-state index is -0.132. The molecule has 1 N–H and O–H groups in total. The molecule has 1 saturated heterocycles. The molecule has 1 amide bonds. The van der Waals surface area contributed by atoms with E-state index in [2.05, 4.69) is 10.5 Å². The highest BCUT2D eigenvalue weighted by Crippen LogP contribution is 2.18. The van der Waals surface area contributed by atoms with E-state index < -0.39 is 0 Å². The van der Waals surface area contributed by atoms with Crippen LogP contribution in [0.25, 0.3) is 0 Å². The Morgan fingerprint density at radius 1 is 1.19 bits per heavy atom. The molecule has 1 aliphatic rings. The molecule has 0 saturated carbocycles. The fourth-order valence-corrected chi connectivity index (χ4v) is 2.79. The standard InChI is InChI=1S/C20H22ClN3O3/c21-19-4-2-1-3-17(19)15-27-18-7-5-16(6-8-18)13-22-23-20(25)14-24-9-11-26-12-10-24/h1-8,13H,9-12,14-15H2,(H,23,25)/b22-13-. The number of ether oxygens (including phenoxy) is 2. The maximum Gasteiger partial charge on any atom is 0.254 e. The fourth-order valence-electron chi connectivity index (χ4n) is 2.60. The lowest BCUT2D eigenvalue weighted by atomic mass is 10.2. The van der Waals surface area contributed by atoms with Crippen LogP contribution in [-0.2, 0) is 16.1 Å². The Morgan fingerprint density at radius 2 is 1.93 bits per heavy atom. The van der Waals surface area contributed by atoms with Crippen molar-refractivity contribution in [3.8, 4) is 5.75 Å². The molecular formula is C20H22ClN3O3. The van der Waals surface area contributed by atoms with Crippen LogP contribution in [0.3, 0.4) is 0 Å². The third-order valence-electron chi connectivity index (χ3n) is 4.11. The largest absolute Gasteiger partial charge is 0.489 e. The Bertz CT molecular complexity index is 774. The second kappa shape index (κ2) is 10.1. The summed E-state index contributed by atoms with van der Waals surface area (Å²) in [4.78, 5) is 13.9. The van der Waals surface area contributed by atoms with Crippen LogP contribution in [-0.4, -0.2) is 49.9 Å². The van der Waals surface area contributed by atoms with Gasteiger partial charge in [-0.1, -0.05) is 29.8 Å². The molecule has 0 atom stereocenters. The van der Waals surface area contributed by atoms with Crippen LogP contribution in [0.2, 0.25) is 5.02 Å². The zero-order chi connectivity index (χ0) is 18.9. The van der Waals surface area contributed by atoms with Gasteiger partial charge in [0, 0.05) is 23.7 Å². The van der Waals surface area contributed by atoms with Gasteiger partial charge in [-0.2, -0.15) is 5.10 Å². The van der Waals surface area contributed by atoms with Gasteiger partial charge < -0.3 is 9.47 Å². The van der Waals surface area contributed by atoms with Gasteiger partial charge in [-0.05, 0) is 35.9 Å². The van der Waals surface area contributed by atoms with Gasteiger partial charge in [0.2, 0.25) is 0 Å². The predicted octanol–water partition coefficient (Wildman–Crippen LogP) is 2.70. The molecule has 27 heavy (non-hydrogen) atoms. The average molecular weight is 388 g/mol. The molecular weight excluding hydrogens is 366 g/mol. The third-order valence-corrected chi connectivity index (χ3v) is 4.47. The summed E-state index contributed by atoms with van der Waals surface area (Å²) < 4.78 is 11.0. The summed E-state index contributed by atoms with van der Waals surface area (Å²) >= 11 is 6.12. The van der Waals surface area contributed by atoms with Gasteiger partial charge in [0.05, 0.1) is 26.0 Å². The lowest BCUT2D eigenvalue weighted by molar-refractivity contribution is -0.123. The van der Waals surface area contributed by atoms with E-state index in [1.165, 1.54) is 0 Å². The number of nitrogens with one attached hydrogen (secondary N) is 1. The topological polar surface area (TPSA) is 63.2 Å². The number of hydrogen-bond donors (Lipinski definition) is 1. The summed E-state index contributed by atoms with van der Waals surface area (Å²) in [6, 6.07) is 15.0. The van der Waals surface area contributed by atoms with Crippen molar-refractivity contribution in [3.63, 3.8) is 0 Å². The first-order valence-corrected chi connectivity index (χ1v) is 9.17. The van der Waals surface area contributed by atoms with E-state index in [1.54, 1.807) is 6.21 Å². The molecule has 1 heterocycles. The maximum absolute atomic E-state index is 11.9. The number of hydrazone groups is 1. The smallest absolute Gasteiger partial charge is 0.254 e. The number of hydrogen-bond acceptors (Lipinski definition) is 5. The predicted molar refractivity (Wildman–Crippen MR) is 105 cm³/mol. The number of morpholine rings is 1. The molecule has 0 unspecified atom stereocenters. The number of rotatable bonds is 7. The first kappa shape index (κ1) is 19.4. The van der Waals surface area contributed by atoms with Crippen molar-refractivity contribution in [3.05, 3.63) is 64.7 Å². The molecule has 0 spiro atoms. The second-order valence-corrected chi connectivity index (χ2v) is 6.54. The van der Waals surface area contributed by atoms with Crippen molar-refractivity contribution < 1.29 is 14.3 Å². The van der Waals surface area contributed by atoms with E-state index in [1.807, 2.05) is 53.4 Å². The summed E-state index contributed by atoms with van der Waals surface area (Å²) in [7, 11) is 0. The normalized spacial score (nSPS) is 15.0. The number of nitrogens with zero attached hydrogens (tertiary/aromatic N) is 2. The van der Waals surface area contributed by atoms with Crippen LogP contribution in [0.4, 0.5) is 0 Å². The van der Waals surface area contributed by atoms with Crippen LogP contribution in [0.15, 0.2) is 53.6 Å². The van der Waals surface area contributed by atoms with E-state index >= 15 is 0 Å². The van der Waals surface area contributed by atoms with Gasteiger partial charge in [0.25, 0.3) is 5.91 Å². The van der Waals surface area contributed by atoms with Crippen molar-refractivity contribution in [1.82, 2.24) is 10.3 Å². The molecule has 2 aromatic carbocycles. The van der Waals surface area contributed by atoms with E-state index in [4.69, 9.17) is 21.1 Å². The molecule has 142 valence electrons. The summed E-state index contributed by atoms with van der Waals surface area (Å²) in [5, 5.41) is 4.69. The minimum Gasteiger partial charge on any atom is -0.489 e. The second-order valence-electron chi connectivity index (χ2n) is 6.13. The van der Waals surface area contributed by atoms with Gasteiger partial charge in [-0.15, -0.1) is 0 Å². The molecule has 0 radical (unpaired) electrons. The molecule has 7 heteroatoms. The minimum absolute atomic E-state index is 0.132. The maximum atomic E-state index is 11.9. The highest BCUT2D eigenvalue weighted by atomic mass is 35.5. The Kier molecular flexibility index (Phi) is 7.21. The molecule has 6 nitrogen and oxygen atoms in total. The Morgan fingerprint density at radius 3 is 2.67 bits per heavy atom. The van der Waals surface area contributed by atoms with Crippen molar-refractivity contribution in [2.24, 2.45) is 5.10 Å². The van der Waals surface area contributed by atoms with Crippen LogP contribution in [0.5, 0.6) is 5.75 Å². The lowest BCUT2D eigenvalue weighted by Gasteiger charge is -2.25. The van der Waals surface area contributed by atoms with Crippen molar-refractivity contribution in [2.45, 2.75) is 6.61 Å². The monoisotopic (exact) mass is 387 g/mol. The molecule has 0 bridgehead atoms. The van der Waals surface area contributed by atoms with E-state index in [-0.39, 0.29) is 5.91 Å². The summed E-state index contributed by atoms with van der Waals surface area (Å²) in [5.74, 6) is 0.608. The zero-order valence-electron chi connectivity index (χ0n) is 14.9. The average Bonchev–Trinajstić information content (AvgIpc) is 2.69. The first-order valence-electron chi connectivity index (χ1n) is 8.79. The molecule has 3 rings (SSSR count). The zero-order valence-corrected chi connectivity index (χ0v) is 15.7. The van der Waals surface area contributed by atoms with Crippen molar-refractivity contribution in [1.29, 1.82) is 0 Å². The van der Waals surface area contributed by atoms with Crippen LogP contribution in [0.1, 0.15) is 11.1 Å². The summed E-state index contributed by atoms with van der Waals surface area (Å²) in [6.07, 6.45) is 1.61. The molecule has 0 aromatic heterocycles. The lowest BCUT2D eigenvalue weighted by Crippen LogP contribution is -2.42. The highest BCUT2D eigenvalue weighted by Gasteiger charge is 2.13. The van der Waals surface area contributed by atoms with E-state index in [0.717, 1.165) is 30.0 Å². The van der Waals surface area contributed by atoms with Gasteiger partial charge in [-0.25, -0.2) is 5.43 Å². The molecule has 2 aromatic rings. The van der Waals surface area contributed by atoms with Crippen molar-refractivity contribution in [2.75, 3.05) is 32.8 Å². The Labute approximate surface area is 163 Å². The van der Waals surface area contributed by atoms with Crippen LogP contribution >= 0.6 is 11.6 Å². The van der Waals surface area contributed by atoms with Crippen LogP contribution < -0.4 is 10.2 Å². The quantitative estimate of drug-likeness (QED) is 0.586. The number of carbonyl (C=O) groups excluding carboxylic acids is 1.